The maximum Gasteiger partial charge on any atom is 0.0960 e. The van der Waals surface area contributed by atoms with Crippen LogP contribution in [0.1, 0.15) is 0 Å². The fourth-order valence-electron chi connectivity index (χ4n) is 1.02. The van der Waals surface area contributed by atoms with Crippen molar-refractivity contribution in [2.45, 2.75) is 0 Å². The first-order valence-corrected chi connectivity index (χ1v) is 3.15. The number of nitrogens with zero attached hydrogens (tertiary/aromatic N) is 2. The molecule has 2 heterocycles. The van der Waals surface area contributed by atoms with Gasteiger partial charge in [0.2, 0.25) is 0 Å². The largest absolute Gasteiger partial charge is 0.349 e. The zero-order valence-corrected chi connectivity index (χ0v) is 5.70. The normalized spacial score (nSPS) is 10.5. The lowest BCUT2D eigenvalue weighted by atomic mass is 10.4. The van der Waals surface area contributed by atoms with Crippen molar-refractivity contribution in [3.63, 3.8) is 0 Å². The Bertz CT molecular complexity index is 349. The average molecular weight is 131 g/mol. The molecule has 0 aliphatic carbocycles. The Morgan fingerprint density at radius 3 is 3.30 bits per heavy atom. The van der Waals surface area contributed by atoms with Gasteiger partial charge >= 0.3 is 0 Å². The minimum absolute atomic E-state index is 0.935. The molecule has 2 rings (SSSR count). The summed E-state index contributed by atoms with van der Waals surface area (Å²) in [5.74, 6) is 0. The molecular weight excluding hydrogens is 124 g/mol. The summed E-state index contributed by atoms with van der Waals surface area (Å²) in [7, 11) is 1.99. The van der Waals surface area contributed by atoms with Crippen LogP contribution in [0.3, 0.4) is 0 Å². The number of rotatable bonds is 0. The number of pyridine rings is 1. The lowest BCUT2D eigenvalue weighted by Gasteiger charge is -1.91. The number of aryl methyl sites for hydroxylation is 1. The zero-order chi connectivity index (χ0) is 6.97. The van der Waals surface area contributed by atoms with E-state index in [0.717, 1.165) is 11.0 Å². The molecule has 0 amide bonds. The predicted octanol–water partition coefficient (Wildman–Crippen LogP) is 1.37. The molecule has 49 valence electrons. The highest BCUT2D eigenvalue weighted by Gasteiger charge is 1.94. The van der Waals surface area contributed by atoms with E-state index in [1.54, 1.807) is 6.20 Å². The van der Waals surface area contributed by atoms with E-state index in [1.807, 2.05) is 29.9 Å². The van der Waals surface area contributed by atoms with Gasteiger partial charge in [-0.05, 0) is 12.1 Å². The molecule has 0 atom stereocenters. The van der Waals surface area contributed by atoms with Crippen LogP contribution in [-0.4, -0.2) is 9.55 Å². The van der Waals surface area contributed by atoms with Gasteiger partial charge in [-0.1, -0.05) is 0 Å². The molecule has 0 aromatic carbocycles. The van der Waals surface area contributed by atoms with Gasteiger partial charge in [0.15, 0.2) is 0 Å². The van der Waals surface area contributed by atoms with Crippen LogP contribution in [0.4, 0.5) is 0 Å². The second-order valence-corrected chi connectivity index (χ2v) is 2.26. The third-order valence-corrected chi connectivity index (χ3v) is 1.56. The molecule has 0 bridgehead atoms. The monoisotopic (exact) mass is 131 g/mol. The van der Waals surface area contributed by atoms with Gasteiger partial charge in [-0.25, -0.2) is 0 Å². The van der Waals surface area contributed by atoms with Crippen LogP contribution in [0.15, 0.2) is 24.5 Å². The molecule has 0 saturated carbocycles. The lowest BCUT2D eigenvalue weighted by Crippen LogP contribution is -1.82. The molecule has 0 aliphatic rings. The summed E-state index contributed by atoms with van der Waals surface area (Å²) in [6, 6.07) is 6.99. The maximum absolute atomic E-state index is 4.13. The highest BCUT2D eigenvalue weighted by molar-refractivity contribution is 5.74. The van der Waals surface area contributed by atoms with E-state index < -0.39 is 0 Å². The summed E-state index contributed by atoms with van der Waals surface area (Å²) < 4.78 is 2.00. The smallest absolute Gasteiger partial charge is 0.0960 e. The van der Waals surface area contributed by atoms with E-state index in [0.29, 0.717) is 0 Å². The first-order chi connectivity index (χ1) is 4.88. The molecular formula is C8H7N2. The average Bonchev–Trinajstić information content (AvgIpc) is 2.34. The molecule has 1 radical (unpaired) electrons. The molecule has 0 fully saturated rings. The van der Waals surface area contributed by atoms with E-state index >= 15 is 0 Å². The summed E-state index contributed by atoms with van der Waals surface area (Å²) in [6.45, 7) is 0. The minimum atomic E-state index is 0.935. The predicted molar refractivity (Wildman–Crippen MR) is 39.6 cm³/mol. The van der Waals surface area contributed by atoms with Crippen LogP contribution in [0, 0.1) is 6.07 Å². The Balaban J connectivity index is 2.93. The number of fused-ring (bicyclic) bond motifs is 1. The molecule has 0 aliphatic heterocycles. The van der Waals surface area contributed by atoms with Gasteiger partial charge in [-0.15, -0.1) is 0 Å². The number of aromatic nitrogens is 2. The van der Waals surface area contributed by atoms with Gasteiger partial charge < -0.3 is 4.57 Å². The Morgan fingerprint density at radius 1 is 1.60 bits per heavy atom. The van der Waals surface area contributed by atoms with Gasteiger partial charge in [0, 0.05) is 25.5 Å². The van der Waals surface area contributed by atoms with E-state index in [1.165, 1.54) is 0 Å². The molecule has 2 nitrogen and oxygen atoms in total. The summed E-state index contributed by atoms with van der Waals surface area (Å²) in [5, 5.41) is 0. The van der Waals surface area contributed by atoms with E-state index in [2.05, 4.69) is 11.1 Å². The molecule has 2 aromatic heterocycles. The van der Waals surface area contributed by atoms with Crippen LogP contribution < -0.4 is 0 Å². The van der Waals surface area contributed by atoms with Crippen LogP contribution >= 0.6 is 0 Å². The van der Waals surface area contributed by atoms with Gasteiger partial charge in [-0.3, -0.25) is 4.98 Å². The molecule has 10 heavy (non-hydrogen) atoms. The molecule has 0 unspecified atom stereocenters. The highest BCUT2D eigenvalue weighted by Crippen LogP contribution is 2.08. The van der Waals surface area contributed by atoms with Crippen molar-refractivity contribution in [1.82, 2.24) is 9.55 Å². The summed E-state index contributed by atoms with van der Waals surface area (Å²) in [6.07, 6.45) is 3.66. The summed E-state index contributed by atoms with van der Waals surface area (Å²) in [5.41, 5.74) is 2.06. The van der Waals surface area contributed by atoms with E-state index in [-0.39, 0.29) is 0 Å². The summed E-state index contributed by atoms with van der Waals surface area (Å²) in [4.78, 5) is 4.13. The quantitative estimate of drug-likeness (QED) is 0.528. The number of hydrogen-bond acceptors (Lipinski definition) is 1. The fourth-order valence-corrected chi connectivity index (χ4v) is 1.02. The molecule has 2 aromatic rings. The van der Waals surface area contributed by atoms with Gasteiger partial charge in [0.1, 0.15) is 0 Å². The third-order valence-electron chi connectivity index (χ3n) is 1.56. The van der Waals surface area contributed by atoms with Gasteiger partial charge in [0.25, 0.3) is 0 Å². The molecule has 0 saturated heterocycles. The van der Waals surface area contributed by atoms with Gasteiger partial charge in [-0.2, -0.15) is 0 Å². The standard InChI is InChI=1S/C8H7N2/c1-10-6-4-7-8(10)3-2-5-9-7/h2-3,5-6H,1H3. The van der Waals surface area contributed by atoms with Crippen LogP contribution in [0.5, 0.6) is 0 Å². The highest BCUT2D eigenvalue weighted by atomic mass is 14.9. The SMILES string of the molecule is Cn1c[c]c2ncccc21. The third kappa shape index (κ3) is 0.620. The number of hydrogen-bond donors (Lipinski definition) is 0. The summed E-state index contributed by atoms with van der Waals surface area (Å²) >= 11 is 0. The van der Waals surface area contributed by atoms with Crippen molar-refractivity contribution >= 4 is 11.0 Å². The van der Waals surface area contributed by atoms with E-state index in [9.17, 15) is 0 Å². The van der Waals surface area contributed by atoms with Crippen molar-refractivity contribution in [2.75, 3.05) is 0 Å². The second kappa shape index (κ2) is 1.84. The maximum atomic E-state index is 4.13. The lowest BCUT2D eigenvalue weighted by molar-refractivity contribution is 0.967. The minimum Gasteiger partial charge on any atom is -0.349 e. The van der Waals surface area contributed by atoms with E-state index in [4.69, 9.17) is 0 Å². The van der Waals surface area contributed by atoms with Crippen molar-refractivity contribution in [3.8, 4) is 0 Å². The van der Waals surface area contributed by atoms with Gasteiger partial charge in [0.05, 0.1) is 11.0 Å². The second-order valence-electron chi connectivity index (χ2n) is 2.26. The topological polar surface area (TPSA) is 17.8 Å². The van der Waals surface area contributed by atoms with Crippen molar-refractivity contribution in [2.24, 2.45) is 7.05 Å². The van der Waals surface area contributed by atoms with Crippen molar-refractivity contribution < 1.29 is 0 Å². The molecule has 0 spiro atoms. The molecule has 0 N–H and O–H groups in total. The van der Waals surface area contributed by atoms with Crippen LogP contribution in [0.25, 0.3) is 11.0 Å². The van der Waals surface area contributed by atoms with Crippen LogP contribution in [0.2, 0.25) is 0 Å². The van der Waals surface area contributed by atoms with Crippen molar-refractivity contribution in [3.05, 3.63) is 30.6 Å². The fraction of sp³-hybridized carbons (Fsp3) is 0.125. The Kier molecular flexibility index (Phi) is 1.01. The Labute approximate surface area is 59.1 Å². The van der Waals surface area contributed by atoms with Crippen molar-refractivity contribution in [1.29, 1.82) is 0 Å². The van der Waals surface area contributed by atoms with Crippen LogP contribution in [-0.2, 0) is 7.05 Å². The Morgan fingerprint density at radius 2 is 2.50 bits per heavy atom. The molecule has 2 heteroatoms. The first-order valence-electron chi connectivity index (χ1n) is 3.15. The Hall–Kier alpha value is -1.31. The first kappa shape index (κ1) is 5.47. The zero-order valence-electron chi connectivity index (χ0n) is 5.70.